The van der Waals surface area contributed by atoms with Gasteiger partial charge >= 0.3 is 0 Å². The van der Waals surface area contributed by atoms with E-state index in [-0.39, 0.29) is 11.4 Å². The number of hydrogen-bond donors (Lipinski definition) is 3. The van der Waals surface area contributed by atoms with Gasteiger partial charge in [-0.15, -0.1) is 0 Å². The number of rotatable bonds is 7. The number of carbonyl (C=O) groups is 1. The van der Waals surface area contributed by atoms with E-state index < -0.39 is 0 Å². The molecule has 0 unspecified atom stereocenters. The van der Waals surface area contributed by atoms with Crippen LogP contribution in [0.25, 0.3) is 5.65 Å². The fraction of sp³-hybridized carbons (Fsp3) is 0.417. The van der Waals surface area contributed by atoms with Crippen molar-refractivity contribution in [3.05, 3.63) is 65.0 Å². The van der Waals surface area contributed by atoms with Gasteiger partial charge in [0.15, 0.2) is 5.65 Å². The first-order valence-electron chi connectivity index (χ1n) is 10.5. The van der Waals surface area contributed by atoms with Crippen molar-refractivity contribution in [2.24, 2.45) is 11.7 Å². The van der Waals surface area contributed by atoms with E-state index in [0.29, 0.717) is 30.2 Å². The molecule has 0 radical (unpaired) electrons. The Kier molecular flexibility index (Phi) is 6.46. The summed E-state index contributed by atoms with van der Waals surface area (Å²) in [6.07, 6.45) is 2.80. The zero-order chi connectivity index (χ0) is 21.9. The van der Waals surface area contributed by atoms with Gasteiger partial charge in [-0.1, -0.05) is 38.1 Å². The summed E-state index contributed by atoms with van der Waals surface area (Å²) < 4.78 is 1.99. The highest BCUT2D eigenvalue weighted by atomic mass is 16.1. The quantitative estimate of drug-likeness (QED) is 0.550. The number of imidazole rings is 1. The molecule has 0 aliphatic heterocycles. The van der Waals surface area contributed by atoms with Crippen LogP contribution in [-0.2, 0) is 19.5 Å². The molecule has 0 saturated heterocycles. The second kappa shape index (κ2) is 8.88. The Morgan fingerprint density at radius 3 is 2.57 bits per heavy atom. The second-order valence-corrected chi connectivity index (χ2v) is 9.20. The van der Waals surface area contributed by atoms with E-state index in [1.165, 1.54) is 0 Å². The largest absolute Gasteiger partial charge is 0.365 e. The minimum absolute atomic E-state index is 0.117. The molecule has 6 heteroatoms. The van der Waals surface area contributed by atoms with Crippen molar-refractivity contribution < 1.29 is 4.79 Å². The molecule has 3 aromatic rings. The molecule has 160 valence electrons. The van der Waals surface area contributed by atoms with Crippen molar-refractivity contribution in [3.8, 4) is 0 Å². The minimum Gasteiger partial charge on any atom is -0.365 e. The van der Waals surface area contributed by atoms with Gasteiger partial charge < -0.3 is 16.4 Å². The van der Waals surface area contributed by atoms with Gasteiger partial charge in [-0.25, -0.2) is 4.98 Å². The summed E-state index contributed by atoms with van der Waals surface area (Å²) in [5.41, 5.74) is 9.90. The lowest BCUT2D eigenvalue weighted by atomic mass is 10.1. The summed E-state index contributed by atoms with van der Waals surface area (Å²) in [5.74, 6) is 1.28. The molecule has 0 aliphatic carbocycles. The number of pyridine rings is 1. The van der Waals surface area contributed by atoms with Gasteiger partial charge in [-0.2, -0.15) is 0 Å². The summed E-state index contributed by atoms with van der Waals surface area (Å²) in [4.78, 5) is 17.9. The Morgan fingerprint density at radius 1 is 1.17 bits per heavy atom. The summed E-state index contributed by atoms with van der Waals surface area (Å²) in [6.45, 7) is 11.6. The standard InChI is InChI=1S/C24H33N5O/c1-16(2)12-20-22(28-24(3,4)5)29-11-7-10-19(21(29)27-20)23(30)26-15-18-9-6-8-17(13-18)14-25/h6-11,13,16,28H,12,14-15,25H2,1-5H3,(H,26,30). The lowest BCUT2D eigenvalue weighted by molar-refractivity contribution is 0.0952. The van der Waals surface area contributed by atoms with E-state index in [4.69, 9.17) is 10.7 Å². The van der Waals surface area contributed by atoms with Crippen LogP contribution in [0.4, 0.5) is 5.82 Å². The van der Waals surface area contributed by atoms with Gasteiger partial charge in [0.1, 0.15) is 5.82 Å². The molecule has 2 aromatic heterocycles. The fourth-order valence-electron chi connectivity index (χ4n) is 3.45. The summed E-state index contributed by atoms with van der Waals surface area (Å²) >= 11 is 0. The molecule has 2 heterocycles. The molecule has 30 heavy (non-hydrogen) atoms. The number of fused-ring (bicyclic) bond motifs is 1. The molecule has 0 bridgehead atoms. The Hall–Kier alpha value is -2.86. The van der Waals surface area contributed by atoms with E-state index in [1.807, 2.05) is 47.0 Å². The highest BCUT2D eigenvalue weighted by Crippen LogP contribution is 2.26. The van der Waals surface area contributed by atoms with Crippen LogP contribution < -0.4 is 16.4 Å². The first kappa shape index (κ1) is 21.8. The Balaban J connectivity index is 1.92. The van der Waals surface area contributed by atoms with E-state index in [2.05, 4.69) is 45.3 Å². The number of nitrogens with zero attached hydrogens (tertiary/aromatic N) is 2. The van der Waals surface area contributed by atoms with Crippen molar-refractivity contribution in [1.29, 1.82) is 0 Å². The summed E-state index contributed by atoms with van der Waals surface area (Å²) in [7, 11) is 0. The van der Waals surface area contributed by atoms with Gasteiger partial charge in [-0.3, -0.25) is 9.20 Å². The molecule has 1 amide bonds. The number of hydrogen-bond acceptors (Lipinski definition) is 4. The van der Waals surface area contributed by atoms with Crippen molar-refractivity contribution in [2.75, 3.05) is 5.32 Å². The first-order valence-corrected chi connectivity index (χ1v) is 10.5. The average Bonchev–Trinajstić information content (AvgIpc) is 3.01. The van der Waals surface area contributed by atoms with Gasteiger partial charge in [0.2, 0.25) is 0 Å². The normalized spacial score (nSPS) is 11.8. The SMILES string of the molecule is CC(C)Cc1nc2c(C(=O)NCc3cccc(CN)c3)cccn2c1NC(C)(C)C. The van der Waals surface area contributed by atoms with Gasteiger partial charge in [0.05, 0.1) is 11.3 Å². The van der Waals surface area contributed by atoms with Crippen molar-refractivity contribution in [3.63, 3.8) is 0 Å². The van der Waals surface area contributed by atoms with Crippen LogP contribution in [0.15, 0.2) is 42.6 Å². The molecule has 4 N–H and O–H groups in total. The maximum Gasteiger partial charge on any atom is 0.255 e. The second-order valence-electron chi connectivity index (χ2n) is 9.20. The van der Waals surface area contributed by atoms with E-state index in [1.54, 1.807) is 0 Å². The fourth-order valence-corrected chi connectivity index (χ4v) is 3.45. The molecule has 0 atom stereocenters. The van der Waals surface area contributed by atoms with Gasteiger partial charge in [0.25, 0.3) is 5.91 Å². The van der Waals surface area contributed by atoms with Crippen LogP contribution >= 0.6 is 0 Å². The molecule has 3 rings (SSSR count). The van der Waals surface area contributed by atoms with E-state index in [0.717, 1.165) is 29.1 Å². The Bertz CT molecular complexity index is 1030. The average molecular weight is 408 g/mol. The van der Waals surface area contributed by atoms with Crippen LogP contribution in [0, 0.1) is 5.92 Å². The monoisotopic (exact) mass is 407 g/mol. The van der Waals surface area contributed by atoms with Crippen molar-refractivity contribution in [2.45, 2.75) is 59.7 Å². The zero-order valence-corrected chi connectivity index (χ0v) is 18.6. The number of anilines is 1. The van der Waals surface area contributed by atoms with Crippen LogP contribution in [0.5, 0.6) is 0 Å². The van der Waals surface area contributed by atoms with Crippen LogP contribution in [-0.4, -0.2) is 20.8 Å². The molecule has 0 aliphatic rings. The number of amides is 1. The molecule has 6 nitrogen and oxygen atoms in total. The lowest BCUT2D eigenvalue weighted by Gasteiger charge is -2.23. The Morgan fingerprint density at radius 2 is 1.90 bits per heavy atom. The first-order chi connectivity index (χ1) is 14.2. The highest BCUT2D eigenvalue weighted by Gasteiger charge is 2.21. The van der Waals surface area contributed by atoms with Gasteiger partial charge in [0, 0.05) is 24.8 Å². The smallest absolute Gasteiger partial charge is 0.255 e. The maximum atomic E-state index is 13.0. The minimum atomic E-state index is -0.137. The van der Waals surface area contributed by atoms with Gasteiger partial charge in [-0.05, 0) is 56.4 Å². The molecule has 0 fully saturated rings. The summed E-state index contributed by atoms with van der Waals surface area (Å²) in [6, 6.07) is 11.7. The maximum absolute atomic E-state index is 13.0. The molecule has 1 aromatic carbocycles. The van der Waals surface area contributed by atoms with Crippen LogP contribution in [0.3, 0.4) is 0 Å². The molecular weight excluding hydrogens is 374 g/mol. The molecular formula is C24H33N5O. The highest BCUT2D eigenvalue weighted by molar-refractivity contribution is 6.00. The van der Waals surface area contributed by atoms with Crippen molar-refractivity contribution >= 4 is 17.4 Å². The summed E-state index contributed by atoms with van der Waals surface area (Å²) in [5, 5.41) is 6.59. The third kappa shape index (κ3) is 5.19. The Labute approximate surface area is 178 Å². The molecule has 0 saturated carbocycles. The lowest BCUT2D eigenvalue weighted by Crippen LogP contribution is -2.28. The molecule has 0 spiro atoms. The van der Waals surface area contributed by atoms with Crippen LogP contribution in [0.2, 0.25) is 0 Å². The van der Waals surface area contributed by atoms with E-state index in [9.17, 15) is 4.79 Å². The topological polar surface area (TPSA) is 84.5 Å². The number of nitrogens with one attached hydrogen (secondary N) is 2. The predicted octanol–water partition coefficient (Wildman–Crippen LogP) is 4.13. The van der Waals surface area contributed by atoms with E-state index >= 15 is 0 Å². The number of aromatic nitrogens is 2. The van der Waals surface area contributed by atoms with Crippen molar-refractivity contribution in [1.82, 2.24) is 14.7 Å². The third-order valence-corrected chi connectivity index (χ3v) is 4.74. The third-order valence-electron chi connectivity index (χ3n) is 4.74. The predicted molar refractivity (Wildman–Crippen MR) is 123 cm³/mol. The van der Waals surface area contributed by atoms with Crippen LogP contribution in [0.1, 0.15) is 61.8 Å². The number of benzene rings is 1. The zero-order valence-electron chi connectivity index (χ0n) is 18.6. The number of nitrogens with two attached hydrogens (primary N) is 1. The number of carbonyl (C=O) groups excluding carboxylic acids is 1.